The molecule has 6 heteroatoms. The summed E-state index contributed by atoms with van der Waals surface area (Å²) in [6.07, 6.45) is 0. The van der Waals surface area contributed by atoms with Gasteiger partial charge in [0.15, 0.2) is 0 Å². The van der Waals surface area contributed by atoms with Gasteiger partial charge in [-0.3, -0.25) is 14.6 Å². The molecule has 1 aliphatic rings. The number of nitrogens with two attached hydrogens (primary N) is 1. The number of ether oxygens (including phenoxy) is 1. The SMILES string of the molecule is CCOC(=O)C(C)N1CCN(CC(N)=S)CC1. The average Bonchev–Trinajstić information content (AvgIpc) is 2.28. The fraction of sp³-hybridized carbons (Fsp3) is 0.818. The standard InChI is InChI=1S/C11H21N3O2S/c1-3-16-11(15)9(2)14-6-4-13(5-7-14)8-10(12)17/h9H,3-8H2,1-2H3,(H2,12,17). The van der Waals surface area contributed by atoms with E-state index in [1.807, 2.05) is 13.8 Å². The number of rotatable bonds is 5. The van der Waals surface area contributed by atoms with Crippen LogP contribution >= 0.6 is 12.2 Å². The van der Waals surface area contributed by atoms with E-state index in [-0.39, 0.29) is 12.0 Å². The van der Waals surface area contributed by atoms with Gasteiger partial charge in [-0.05, 0) is 13.8 Å². The minimum Gasteiger partial charge on any atom is -0.465 e. The first-order chi connectivity index (χ1) is 8.04. The summed E-state index contributed by atoms with van der Waals surface area (Å²) in [5.41, 5.74) is 5.51. The fourth-order valence-electron chi connectivity index (χ4n) is 1.94. The molecule has 0 amide bonds. The van der Waals surface area contributed by atoms with Crippen molar-refractivity contribution in [2.75, 3.05) is 39.3 Å². The number of piperazine rings is 1. The predicted molar refractivity (Wildman–Crippen MR) is 70.9 cm³/mol. The molecule has 0 aromatic rings. The Labute approximate surface area is 108 Å². The Bertz CT molecular complexity index is 278. The van der Waals surface area contributed by atoms with E-state index >= 15 is 0 Å². The number of carbonyl (C=O) groups is 1. The van der Waals surface area contributed by atoms with Crippen molar-refractivity contribution >= 4 is 23.2 Å². The zero-order valence-electron chi connectivity index (χ0n) is 10.5. The molecular weight excluding hydrogens is 238 g/mol. The molecule has 1 saturated heterocycles. The van der Waals surface area contributed by atoms with Gasteiger partial charge in [0.05, 0.1) is 11.6 Å². The molecule has 1 rings (SSSR count). The Balaban J connectivity index is 2.35. The number of esters is 1. The van der Waals surface area contributed by atoms with E-state index in [9.17, 15) is 4.79 Å². The molecule has 0 aromatic heterocycles. The maximum atomic E-state index is 11.6. The Morgan fingerprint density at radius 2 is 2.00 bits per heavy atom. The molecule has 0 saturated carbocycles. The summed E-state index contributed by atoms with van der Waals surface area (Å²) in [4.78, 5) is 16.4. The molecule has 5 nitrogen and oxygen atoms in total. The lowest BCUT2D eigenvalue weighted by Crippen LogP contribution is -2.53. The molecule has 1 atom stereocenters. The molecule has 2 N–H and O–H groups in total. The Kier molecular flexibility index (Phi) is 5.80. The molecular formula is C11H21N3O2S. The first-order valence-electron chi connectivity index (χ1n) is 5.96. The molecule has 1 heterocycles. The van der Waals surface area contributed by atoms with E-state index in [4.69, 9.17) is 22.7 Å². The highest BCUT2D eigenvalue weighted by Crippen LogP contribution is 2.07. The molecule has 0 spiro atoms. The second-order valence-electron chi connectivity index (χ2n) is 4.21. The van der Waals surface area contributed by atoms with Crippen molar-refractivity contribution in [1.29, 1.82) is 0 Å². The van der Waals surface area contributed by atoms with Crippen molar-refractivity contribution in [3.8, 4) is 0 Å². The first-order valence-corrected chi connectivity index (χ1v) is 6.36. The third kappa shape index (κ3) is 4.57. The van der Waals surface area contributed by atoms with Crippen LogP contribution in [0.5, 0.6) is 0 Å². The molecule has 1 unspecified atom stereocenters. The highest BCUT2D eigenvalue weighted by Gasteiger charge is 2.26. The third-order valence-electron chi connectivity index (χ3n) is 2.96. The monoisotopic (exact) mass is 259 g/mol. The van der Waals surface area contributed by atoms with Gasteiger partial charge in [0.1, 0.15) is 6.04 Å². The van der Waals surface area contributed by atoms with Gasteiger partial charge in [-0.1, -0.05) is 12.2 Å². The molecule has 0 bridgehead atoms. The van der Waals surface area contributed by atoms with E-state index < -0.39 is 0 Å². The van der Waals surface area contributed by atoms with Crippen LogP contribution in [-0.2, 0) is 9.53 Å². The summed E-state index contributed by atoms with van der Waals surface area (Å²) < 4.78 is 5.01. The first kappa shape index (κ1) is 14.3. The normalized spacial score (nSPS) is 19.9. The van der Waals surface area contributed by atoms with Crippen molar-refractivity contribution in [1.82, 2.24) is 9.80 Å². The number of nitrogens with zero attached hydrogens (tertiary/aromatic N) is 2. The number of hydrogen-bond donors (Lipinski definition) is 1. The van der Waals surface area contributed by atoms with E-state index in [2.05, 4.69) is 9.80 Å². The topological polar surface area (TPSA) is 58.8 Å². The summed E-state index contributed by atoms with van der Waals surface area (Å²) in [5.74, 6) is -0.143. The maximum Gasteiger partial charge on any atom is 0.323 e. The minimum absolute atomic E-state index is 0.143. The fourth-order valence-corrected chi connectivity index (χ4v) is 2.12. The van der Waals surface area contributed by atoms with Crippen LogP contribution < -0.4 is 5.73 Å². The summed E-state index contributed by atoms with van der Waals surface area (Å²) in [5, 5.41) is 0. The predicted octanol–water partition coefficient (Wildman–Crippen LogP) is -0.158. The average molecular weight is 259 g/mol. The highest BCUT2D eigenvalue weighted by molar-refractivity contribution is 7.80. The zero-order valence-corrected chi connectivity index (χ0v) is 11.3. The highest BCUT2D eigenvalue weighted by atomic mass is 32.1. The zero-order chi connectivity index (χ0) is 12.8. The van der Waals surface area contributed by atoms with Crippen LogP contribution in [0.4, 0.5) is 0 Å². The van der Waals surface area contributed by atoms with Crippen LogP contribution in [0.1, 0.15) is 13.8 Å². The summed E-state index contributed by atoms with van der Waals surface area (Å²) >= 11 is 4.88. The van der Waals surface area contributed by atoms with Gasteiger partial charge >= 0.3 is 5.97 Å². The van der Waals surface area contributed by atoms with E-state index in [1.54, 1.807) is 0 Å². The lowest BCUT2D eigenvalue weighted by atomic mass is 10.2. The van der Waals surface area contributed by atoms with Gasteiger partial charge < -0.3 is 10.5 Å². The van der Waals surface area contributed by atoms with Crippen molar-refractivity contribution in [2.24, 2.45) is 5.73 Å². The number of hydrogen-bond acceptors (Lipinski definition) is 5. The Morgan fingerprint density at radius 1 is 1.41 bits per heavy atom. The van der Waals surface area contributed by atoms with Gasteiger partial charge in [0.2, 0.25) is 0 Å². The summed E-state index contributed by atoms with van der Waals surface area (Å²) in [6, 6.07) is -0.165. The van der Waals surface area contributed by atoms with Crippen LogP contribution in [0.3, 0.4) is 0 Å². The second kappa shape index (κ2) is 6.88. The maximum absolute atomic E-state index is 11.6. The van der Waals surface area contributed by atoms with Crippen molar-refractivity contribution < 1.29 is 9.53 Å². The molecule has 1 fully saturated rings. The van der Waals surface area contributed by atoms with Gasteiger partial charge in [-0.2, -0.15) is 0 Å². The summed E-state index contributed by atoms with van der Waals surface area (Å²) in [6.45, 7) is 8.29. The van der Waals surface area contributed by atoms with E-state index in [1.165, 1.54) is 0 Å². The van der Waals surface area contributed by atoms with E-state index in [0.29, 0.717) is 18.1 Å². The molecule has 17 heavy (non-hydrogen) atoms. The van der Waals surface area contributed by atoms with Gasteiger partial charge in [-0.15, -0.1) is 0 Å². The molecule has 0 aromatic carbocycles. The molecule has 1 aliphatic heterocycles. The third-order valence-corrected chi connectivity index (χ3v) is 3.09. The van der Waals surface area contributed by atoms with Crippen LogP contribution in [-0.4, -0.2) is 66.1 Å². The van der Waals surface area contributed by atoms with E-state index in [0.717, 1.165) is 26.2 Å². The van der Waals surface area contributed by atoms with Crippen LogP contribution in [0.25, 0.3) is 0 Å². The molecule has 0 radical (unpaired) electrons. The minimum atomic E-state index is -0.165. The molecule has 98 valence electrons. The molecule has 0 aliphatic carbocycles. The quantitative estimate of drug-likeness (QED) is 0.547. The number of carbonyl (C=O) groups excluding carboxylic acids is 1. The summed E-state index contributed by atoms with van der Waals surface area (Å²) in [7, 11) is 0. The van der Waals surface area contributed by atoms with Crippen LogP contribution in [0.15, 0.2) is 0 Å². The Hall–Kier alpha value is -0.720. The van der Waals surface area contributed by atoms with Gasteiger partial charge in [0, 0.05) is 32.7 Å². The lowest BCUT2D eigenvalue weighted by molar-refractivity contribution is -0.149. The second-order valence-corrected chi connectivity index (χ2v) is 4.73. The largest absolute Gasteiger partial charge is 0.465 e. The van der Waals surface area contributed by atoms with Gasteiger partial charge in [0.25, 0.3) is 0 Å². The van der Waals surface area contributed by atoms with Crippen LogP contribution in [0, 0.1) is 0 Å². The van der Waals surface area contributed by atoms with Crippen LogP contribution in [0.2, 0.25) is 0 Å². The van der Waals surface area contributed by atoms with Gasteiger partial charge in [-0.25, -0.2) is 0 Å². The van der Waals surface area contributed by atoms with Crippen molar-refractivity contribution in [2.45, 2.75) is 19.9 Å². The van der Waals surface area contributed by atoms with Crippen molar-refractivity contribution in [3.05, 3.63) is 0 Å². The Morgan fingerprint density at radius 3 is 2.47 bits per heavy atom. The van der Waals surface area contributed by atoms with Crippen molar-refractivity contribution in [3.63, 3.8) is 0 Å². The number of thiocarbonyl (C=S) groups is 1. The smallest absolute Gasteiger partial charge is 0.323 e. The lowest BCUT2D eigenvalue weighted by Gasteiger charge is -2.36.